The standard InChI is InChI=1S/C24H30N4O5S2/c1-5-6-8-27-21(26-12-14(2)33-15(3)13-26)17(16(4)18(11-25)22(27)31)10-19-23(32)28(24(34)35-19)9-7-20(29)30/h10,14-15H,5-9,12-13H2,1-4H3,(H,29,30)/b19-10-. The second-order valence-corrected chi connectivity index (χ2v) is 10.5. The lowest BCUT2D eigenvalue weighted by Gasteiger charge is -2.39. The normalized spacial score (nSPS) is 21.6. The number of ether oxygens (including phenoxy) is 1. The van der Waals surface area contributed by atoms with Gasteiger partial charge >= 0.3 is 5.97 Å². The third-order valence-electron chi connectivity index (χ3n) is 6.00. The van der Waals surface area contributed by atoms with Crippen LogP contribution in [0.15, 0.2) is 9.70 Å². The van der Waals surface area contributed by atoms with Gasteiger partial charge in [-0.1, -0.05) is 37.3 Å². The number of thioether (sulfide) groups is 1. The lowest BCUT2D eigenvalue weighted by molar-refractivity contribution is -0.137. The predicted molar refractivity (Wildman–Crippen MR) is 139 cm³/mol. The first kappa shape index (κ1) is 26.9. The number of nitrogens with zero attached hydrogens (tertiary/aromatic N) is 4. The number of hydrogen-bond acceptors (Lipinski definition) is 8. The average molecular weight is 519 g/mol. The van der Waals surface area contributed by atoms with Gasteiger partial charge in [-0.3, -0.25) is 23.9 Å². The molecule has 35 heavy (non-hydrogen) atoms. The zero-order valence-electron chi connectivity index (χ0n) is 20.4. The molecule has 0 spiro atoms. The first-order chi connectivity index (χ1) is 16.6. The van der Waals surface area contributed by atoms with Crippen LogP contribution in [0.5, 0.6) is 0 Å². The zero-order valence-corrected chi connectivity index (χ0v) is 22.0. The number of pyridine rings is 1. The van der Waals surface area contributed by atoms with Gasteiger partial charge in [0.05, 0.1) is 23.5 Å². The number of thiocarbonyl (C=S) groups is 1. The highest BCUT2D eigenvalue weighted by molar-refractivity contribution is 8.26. The summed E-state index contributed by atoms with van der Waals surface area (Å²) in [5, 5.41) is 18.8. The fraction of sp³-hybridized carbons (Fsp3) is 0.542. The van der Waals surface area contributed by atoms with Gasteiger partial charge in [-0.25, -0.2) is 0 Å². The topological polar surface area (TPSA) is 116 Å². The Hall–Kier alpha value is -2.68. The second-order valence-electron chi connectivity index (χ2n) is 8.80. The summed E-state index contributed by atoms with van der Waals surface area (Å²) in [6.07, 6.45) is 2.98. The number of carboxylic acid groups (broad SMARTS) is 1. The molecule has 2 fully saturated rings. The van der Waals surface area contributed by atoms with Crippen molar-refractivity contribution >= 4 is 52.1 Å². The number of nitriles is 1. The molecule has 2 saturated heterocycles. The van der Waals surface area contributed by atoms with Gasteiger partial charge in [0.1, 0.15) is 21.8 Å². The Labute approximate surface area is 214 Å². The number of rotatable bonds is 8. The number of carbonyl (C=O) groups excluding carboxylic acids is 1. The van der Waals surface area contributed by atoms with Gasteiger partial charge in [-0.05, 0) is 38.8 Å². The Balaban J connectivity index is 2.20. The van der Waals surface area contributed by atoms with Gasteiger partial charge in [0.15, 0.2) is 0 Å². The Kier molecular flexibility index (Phi) is 8.74. The molecule has 188 valence electrons. The Morgan fingerprint density at radius 2 is 1.94 bits per heavy atom. The number of hydrogen-bond donors (Lipinski definition) is 1. The van der Waals surface area contributed by atoms with Gasteiger partial charge < -0.3 is 14.7 Å². The minimum Gasteiger partial charge on any atom is -0.481 e. The third kappa shape index (κ3) is 5.77. The number of anilines is 1. The second kappa shape index (κ2) is 11.4. The van der Waals surface area contributed by atoms with Crippen molar-refractivity contribution in [3.05, 3.63) is 31.9 Å². The molecule has 1 aromatic heterocycles. The molecule has 3 rings (SSSR count). The molecule has 1 aromatic rings. The molecule has 2 unspecified atom stereocenters. The first-order valence-electron chi connectivity index (χ1n) is 11.6. The van der Waals surface area contributed by atoms with E-state index in [-0.39, 0.29) is 46.5 Å². The van der Waals surface area contributed by atoms with Gasteiger partial charge in [0.25, 0.3) is 11.5 Å². The zero-order chi connectivity index (χ0) is 25.9. The Bertz CT molecular complexity index is 1160. The van der Waals surface area contributed by atoms with Gasteiger partial charge in [0, 0.05) is 31.7 Å². The van der Waals surface area contributed by atoms with Gasteiger partial charge in [-0.15, -0.1) is 0 Å². The molecular weight excluding hydrogens is 488 g/mol. The molecule has 11 heteroatoms. The molecule has 1 N–H and O–H groups in total. The number of carboxylic acids is 1. The van der Waals surface area contributed by atoms with Gasteiger partial charge in [-0.2, -0.15) is 5.26 Å². The minimum absolute atomic E-state index is 0.0128. The molecule has 2 atom stereocenters. The summed E-state index contributed by atoms with van der Waals surface area (Å²) in [5.74, 6) is -0.726. The molecule has 0 aliphatic carbocycles. The van der Waals surface area contributed by atoms with Crippen LogP contribution in [0, 0.1) is 18.3 Å². The first-order valence-corrected chi connectivity index (χ1v) is 12.9. The summed E-state index contributed by atoms with van der Waals surface area (Å²) in [5.41, 5.74) is 0.832. The van der Waals surface area contributed by atoms with E-state index in [0.717, 1.165) is 24.6 Å². The molecule has 9 nitrogen and oxygen atoms in total. The van der Waals surface area contributed by atoms with Gasteiger partial charge in [0.2, 0.25) is 0 Å². The van der Waals surface area contributed by atoms with Crippen molar-refractivity contribution in [2.24, 2.45) is 0 Å². The lowest BCUT2D eigenvalue weighted by atomic mass is 10.0. The molecule has 2 aliphatic rings. The SMILES string of the molecule is CCCCn1c(N2CC(C)OC(C)C2)c(/C=C2\SC(=S)N(CCC(=O)O)C2=O)c(C)c(C#N)c1=O. The van der Waals surface area contributed by atoms with Crippen LogP contribution in [-0.2, 0) is 20.9 Å². The number of carbonyl (C=O) groups is 2. The number of amides is 1. The maximum atomic E-state index is 13.4. The van der Waals surface area contributed by atoms with E-state index in [1.165, 1.54) is 4.90 Å². The average Bonchev–Trinajstić information content (AvgIpc) is 3.05. The molecule has 2 aliphatic heterocycles. The third-order valence-corrected chi connectivity index (χ3v) is 7.38. The monoisotopic (exact) mass is 518 g/mol. The highest BCUT2D eigenvalue weighted by atomic mass is 32.2. The van der Waals surface area contributed by atoms with Crippen LogP contribution >= 0.6 is 24.0 Å². The Morgan fingerprint density at radius 1 is 1.29 bits per heavy atom. The summed E-state index contributed by atoms with van der Waals surface area (Å²) < 4.78 is 7.84. The summed E-state index contributed by atoms with van der Waals surface area (Å²) in [7, 11) is 0. The smallest absolute Gasteiger partial charge is 0.305 e. The predicted octanol–water partition coefficient (Wildman–Crippen LogP) is 3.12. The van der Waals surface area contributed by atoms with Crippen LogP contribution in [0.4, 0.5) is 5.82 Å². The molecular formula is C24H30N4O5S2. The maximum Gasteiger partial charge on any atom is 0.305 e. The van der Waals surface area contributed by atoms with Crippen LogP contribution in [-0.4, -0.2) is 62.6 Å². The van der Waals surface area contributed by atoms with Crippen molar-refractivity contribution in [3.8, 4) is 6.07 Å². The highest BCUT2D eigenvalue weighted by Gasteiger charge is 2.34. The quantitative estimate of drug-likeness (QED) is 0.409. The van der Waals surface area contributed by atoms with Crippen molar-refractivity contribution in [2.75, 3.05) is 24.5 Å². The van der Waals surface area contributed by atoms with Crippen molar-refractivity contribution in [3.63, 3.8) is 0 Å². The number of aromatic nitrogens is 1. The van der Waals surface area contributed by atoms with E-state index < -0.39 is 5.97 Å². The molecule has 0 aromatic carbocycles. The van der Waals surface area contributed by atoms with Crippen LogP contribution in [0.25, 0.3) is 6.08 Å². The fourth-order valence-corrected chi connectivity index (χ4v) is 5.68. The van der Waals surface area contributed by atoms with E-state index in [9.17, 15) is 19.6 Å². The minimum atomic E-state index is -1.02. The molecule has 0 saturated carbocycles. The van der Waals surface area contributed by atoms with Crippen molar-refractivity contribution < 1.29 is 19.4 Å². The van der Waals surface area contributed by atoms with E-state index in [1.54, 1.807) is 17.6 Å². The molecule has 3 heterocycles. The fourth-order valence-electron chi connectivity index (χ4n) is 4.39. The van der Waals surface area contributed by atoms with E-state index >= 15 is 0 Å². The van der Waals surface area contributed by atoms with Crippen molar-refractivity contribution in [2.45, 2.75) is 65.7 Å². The van der Waals surface area contributed by atoms with Crippen molar-refractivity contribution in [1.82, 2.24) is 9.47 Å². The van der Waals surface area contributed by atoms with Crippen LogP contribution < -0.4 is 10.5 Å². The largest absolute Gasteiger partial charge is 0.481 e. The summed E-state index contributed by atoms with van der Waals surface area (Å²) in [4.78, 5) is 41.2. The van der Waals surface area contributed by atoms with Crippen LogP contribution in [0.1, 0.15) is 56.7 Å². The number of unbranched alkanes of at least 4 members (excludes halogenated alkanes) is 1. The van der Waals surface area contributed by atoms with E-state index in [2.05, 4.69) is 11.0 Å². The molecule has 0 bridgehead atoms. The summed E-state index contributed by atoms with van der Waals surface area (Å²) >= 11 is 6.43. The summed E-state index contributed by atoms with van der Waals surface area (Å²) in [6, 6.07) is 2.06. The highest BCUT2D eigenvalue weighted by Crippen LogP contribution is 2.36. The van der Waals surface area contributed by atoms with Crippen LogP contribution in [0.2, 0.25) is 0 Å². The molecule has 1 amide bonds. The Morgan fingerprint density at radius 3 is 2.51 bits per heavy atom. The molecule has 0 radical (unpaired) electrons. The van der Waals surface area contributed by atoms with E-state index in [1.807, 2.05) is 20.8 Å². The number of morpholine rings is 1. The number of aliphatic carboxylic acids is 1. The van der Waals surface area contributed by atoms with Crippen LogP contribution in [0.3, 0.4) is 0 Å². The van der Waals surface area contributed by atoms with E-state index in [4.69, 9.17) is 22.1 Å². The lowest BCUT2D eigenvalue weighted by Crippen LogP contribution is -2.48. The summed E-state index contributed by atoms with van der Waals surface area (Å²) in [6.45, 7) is 9.25. The van der Waals surface area contributed by atoms with E-state index in [0.29, 0.717) is 41.5 Å². The van der Waals surface area contributed by atoms with Crippen molar-refractivity contribution in [1.29, 1.82) is 5.26 Å². The maximum absolute atomic E-state index is 13.4.